The number of nitrogens with zero attached hydrogens (tertiary/aromatic N) is 4. The lowest BCUT2D eigenvalue weighted by Crippen LogP contribution is -2.31. The molecule has 2 aliphatic carbocycles. The minimum absolute atomic E-state index is 0.0286. The van der Waals surface area contributed by atoms with E-state index in [9.17, 15) is 15.0 Å². The van der Waals surface area contributed by atoms with Gasteiger partial charge in [-0.05, 0) is 97.2 Å². The molecule has 2 N–H and O–H groups in total. The second-order valence-electron chi connectivity index (χ2n) is 17.2. The van der Waals surface area contributed by atoms with Crippen LogP contribution in [0.3, 0.4) is 0 Å². The summed E-state index contributed by atoms with van der Waals surface area (Å²) in [5, 5.41) is 23.0. The van der Waals surface area contributed by atoms with Crippen molar-refractivity contribution >= 4 is 17.2 Å². The Morgan fingerprint density at radius 2 is 1.10 bits per heavy atom. The van der Waals surface area contributed by atoms with Crippen LogP contribution in [-0.2, 0) is 10.8 Å². The molecule has 4 heterocycles. The van der Waals surface area contributed by atoms with Crippen molar-refractivity contribution in [1.29, 1.82) is 0 Å². The van der Waals surface area contributed by atoms with Crippen LogP contribution in [0.4, 0.5) is 20.2 Å². The van der Waals surface area contributed by atoms with E-state index in [-0.39, 0.29) is 11.4 Å². The smallest absolute Gasteiger partial charge is 0.233 e. The van der Waals surface area contributed by atoms with Gasteiger partial charge in [0.2, 0.25) is 5.78 Å². The van der Waals surface area contributed by atoms with Crippen molar-refractivity contribution in [3.05, 3.63) is 155 Å². The van der Waals surface area contributed by atoms with Crippen LogP contribution in [0.1, 0.15) is 90.2 Å². The van der Waals surface area contributed by atoms with Crippen molar-refractivity contribution in [2.24, 2.45) is 0 Å². The second-order valence-corrected chi connectivity index (χ2v) is 17.2. The van der Waals surface area contributed by atoms with E-state index in [1.165, 1.54) is 12.1 Å². The van der Waals surface area contributed by atoms with Gasteiger partial charge in [0, 0.05) is 60.3 Å². The number of carbonyl (C=O) groups is 1. The molecule has 4 aliphatic rings. The summed E-state index contributed by atoms with van der Waals surface area (Å²) in [4.78, 5) is 27.4. The number of hydrogen-bond acceptors (Lipinski definition) is 9. The van der Waals surface area contributed by atoms with E-state index in [1.807, 2.05) is 84.3 Å². The normalized spacial score (nSPS) is 22.4. The van der Waals surface area contributed by atoms with Crippen molar-refractivity contribution in [3.63, 3.8) is 0 Å². The molecule has 4 atom stereocenters. The first-order valence-electron chi connectivity index (χ1n) is 21.6. The number of halogens is 2. The van der Waals surface area contributed by atoms with Crippen molar-refractivity contribution in [3.8, 4) is 33.8 Å². The van der Waals surface area contributed by atoms with Gasteiger partial charge in [-0.15, -0.1) is 0 Å². The predicted octanol–water partition coefficient (Wildman–Crippen LogP) is 9.29. The molecule has 0 amide bonds. The number of fused-ring (bicyclic) bond motifs is 4. The Balaban J connectivity index is 0.931. The van der Waals surface area contributed by atoms with Gasteiger partial charge >= 0.3 is 0 Å². The number of hydrogen-bond donors (Lipinski definition) is 2. The molecule has 2 aliphatic heterocycles. The minimum atomic E-state index is -0.697. The van der Waals surface area contributed by atoms with Crippen LogP contribution in [0.5, 0.6) is 11.5 Å². The third-order valence-corrected chi connectivity index (χ3v) is 13.6. The number of para-hydroxylation sites is 2. The first-order valence-corrected chi connectivity index (χ1v) is 21.6. The predicted molar refractivity (Wildman–Crippen MR) is 234 cm³/mol. The number of aliphatic hydroxyl groups excluding tert-OH is 2. The molecule has 6 aromatic rings. The molecule has 2 spiro atoms. The highest BCUT2D eigenvalue weighted by molar-refractivity contribution is 6.13. The summed E-state index contributed by atoms with van der Waals surface area (Å²) in [6.45, 7) is 6.86. The van der Waals surface area contributed by atoms with Gasteiger partial charge in [0.25, 0.3) is 0 Å². The molecule has 10 rings (SSSR count). The zero-order valence-electron chi connectivity index (χ0n) is 34.8. The van der Waals surface area contributed by atoms with E-state index in [0.717, 1.165) is 68.4 Å². The molecule has 62 heavy (non-hydrogen) atoms. The second kappa shape index (κ2) is 15.6. The summed E-state index contributed by atoms with van der Waals surface area (Å²) in [5.41, 5.74) is 7.46. The number of rotatable bonds is 10. The zero-order chi connectivity index (χ0) is 42.8. The molecular weight excluding hydrogens is 787 g/mol. The molecule has 2 aromatic heterocycles. The fraction of sp³-hybridized carbons (Fsp3) is 0.314. The minimum Gasteiger partial charge on any atom is -0.493 e. The van der Waals surface area contributed by atoms with E-state index >= 15 is 8.78 Å². The molecule has 4 aromatic carbocycles. The molecule has 316 valence electrons. The van der Waals surface area contributed by atoms with Gasteiger partial charge in [0.1, 0.15) is 34.5 Å². The summed E-state index contributed by atoms with van der Waals surface area (Å²) < 4.78 is 42.1. The zero-order valence-corrected chi connectivity index (χ0v) is 34.8. The quantitative estimate of drug-likeness (QED) is 0.131. The molecule has 0 saturated carbocycles. The molecule has 0 bridgehead atoms. The molecular formula is C51H48F2N4O5. The third-order valence-electron chi connectivity index (χ3n) is 13.6. The monoisotopic (exact) mass is 834 g/mol. The number of carbonyl (C=O) groups excluding carboxylic acids is 1. The van der Waals surface area contributed by atoms with Gasteiger partial charge in [0.15, 0.2) is 0 Å². The van der Waals surface area contributed by atoms with Crippen LogP contribution in [0, 0.1) is 11.6 Å². The van der Waals surface area contributed by atoms with Crippen LogP contribution < -0.4 is 19.3 Å². The number of benzene rings is 4. The standard InChI is InChI=1S/C51H48F2N4O5/c1-3-61-45-11-7-5-9-35(45)31-13-15-39-37(21-31)43(58)25-50(39)17-19-56(29-50)41-23-33(52)27-54-47(41)49(60)48-42(24-34(53)28-55-48)57-20-18-51(30-57)26-44(59)38-22-32(14-16-40(38)51)36-10-6-8-12-46(36)62-4-2/h5-16,21-24,27-28,43-44,58-59H,3-4,17-20,25-26,29-30H2,1-2H3. The van der Waals surface area contributed by atoms with Crippen molar-refractivity contribution in [2.75, 3.05) is 49.2 Å². The van der Waals surface area contributed by atoms with Gasteiger partial charge in [-0.2, -0.15) is 0 Å². The number of anilines is 2. The van der Waals surface area contributed by atoms with Crippen molar-refractivity contribution in [1.82, 2.24) is 9.97 Å². The average Bonchev–Trinajstić information content (AvgIpc) is 4.04. The van der Waals surface area contributed by atoms with E-state index < -0.39 is 40.5 Å². The number of aliphatic hydroxyl groups is 2. The van der Waals surface area contributed by atoms with Gasteiger partial charge in [-0.25, -0.2) is 18.7 Å². The Bertz CT molecular complexity index is 2550. The average molecular weight is 835 g/mol. The van der Waals surface area contributed by atoms with Crippen molar-refractivity contribution in [2.45, 2.75) is 62.6 Å². The van der Waals surface area contributed by atoms with E-state index in [4.69, 9.17) is 9.47 Å². The fourth-order valence-electron chi connectivity index (χ4n) is 10.9. The van der Waals surface area contributed by atoms with Crippen LogP contribution in [0.15, 0.2) is 109 Å². The summed E-state index contributed by atoms with van der Waals surface area (Å²) in [7, 11) is 0. The largest absolute Gasteiger partial charge is 0.493 e. The maximum Gasteiger partial charge on any atom is 0.233 e. The Morgan fingerprint density at radius 1 is 0.661 bits per heavy atom. The highest BCUT2D eigenvalue weighted by Crippen LogP contribution is 2.54. The Hall–Kier alpha value is -6.17. The fourth-order valence-corrected chi connectivity index (χ4v) is 10.9. The number of pyridine rings is 2. The van der Waals surface area contributed by atoms with E-state index in [1.54, 1.807) is 0 Å². The van der Waals surface area contributed by atoms with E-state index in [0.29, 0.717) is 76.5 Å². The van der Waals surface area contributed by atoms with Crippen LogP contribution >= 0.6 is 0 Å². The van der Waals surface area contributed by atoms with Gasteiger partial charge < -0.3 is 29.5 Å². The molecule has 2 saturated heterocycles. The molecule has 0 radical (unpaired) electrons. The van der Waals surface area contributed by atoms with Gasteiger partial charge in [-0.1, -0.05) is 60.7 Å². The molecule has 4 unspecified atom stereocenters. The lowest BCUT2D eigenvalue weighted by Gasteiger charge is -2.28. The number of ether oxygens (including phenoxy) is 2. The number of aromatic nitrogens is 2. The molecule has 11 heteroatoms. The van der Waals surface area contributed by atoms with Crippen molar-refractivity contribution < 1.29 is 33.3 Å². The Labute approximate surface area is 359 Å². The maximum absolute atomic E-state index is 15.2. The van der Waals surface area contributed by atoms with Gasteiger partial charge in [-0.3, -0.25) is 4.79 Å². The summed E-state index contributed by atoms with van der Waals surface area (Å²) in [6, 6.07) is 30.8. The third kappa shape index (κ3) is 6.69. The summed E-state index contributed by atoms with van der Waals surface area (Å²) in [6.07, 6.45) is 3.01. The summed E-state index contributed by atoms with van der Waals surface area (Å²) >= 11 is 0. The molecule has 2 fully saturated rings. The topological polar surface area (TPSA) is 108 Å². The van der Waals surface area contributed by atoms with Crippen LogP contribution in [-0.4, -0.2) is 65.4 Å². The lowest BCUT2D eigenvalue weighted by molar-refractivity contribution is 0.103. The Morgan fingerprint density at radius 3 is 1.53 bits per heavy atom. The molecule has 9 nitrogen and oxygen atoms in total. The Kier molecular flexibility index (Phi) is 10.1. The summed E-state index contributed by atoms with van der Waals surface area (Å²) in [5.74, 6) is -0.149. The maximum atomic E-state index is 15.2. The van der Waals surface area contributed by atoms with Crippen LogP contribution in [0.25, 0.3) is 22.3 Å². The highest BCUT2D eigenvalue weighted by atomic mass is 19.1. The SMILES string of the molecule is CCOc1ccccc1-c1ccc2c(c1)C(O)CC21CCN(c2cc(F)cnc2C(=O)c2ncc(F)cc2N2CCC3(CC(O)c4cc(-c5ccccc5OCC)ccc43)C2)C1. The highest BCUT2D eigenvalue weighted by Gasteiger charge is 2.50. The van der Waals surface area contributed by atoms with E-state index in [2.05, 4.69) is 34.2 Å². The first-order chi connectivity index (χ1) is 30.1. The number of ketones is 1. The first kappa shape index (κ1) is 39.9. The lowest BCUT2D eigenvalue weighted by atomic mass is 9.80. The van der Waals surface area contributed by atoms with Crippen LogP contribution in [0.2, 0.25) is 0 Å². The van der Waals surface area contributed by atoms with Gasteiger partial charge in [0.05, 0.1) is 49.2 Å².